The highest BCUT2D eigenvalue weighted by atomic mass is 35.5. The molecule has 0 aliphatic rings. The van der Waals surface area contributed by atoms with Crippen LogP contribution in [0.25, 0.3) is 0 Å². The van der Waals surface area contributed by atoms with E-state index in [1.165, 1.54) is 24.3 Å². The first-order valence-corrected chi connectivity index (χ1v) is 7.45. The van der Waals surface area contributed by atoms with Crippen LogP contribution in [0.4, 0.5) is 5.69 Å². The normalized spacial score (nSPS) is 11.3. The van der Waals surface area contributed by atoms with Crippen molar-refractivity contribution >= 4 is 27.3 Å². The van der Waals surface area contributed by atoms with Crippen LogP contribution in [0.1, 0.15) is 5.56 Å². The van der Waals surface area contributed by atoms with Crippen molar-refractivity contribution in [3.05, 3.63) is 59.1 Å². The molecule has 0 amide bonds. The average molecular weight is 297 g/mol. The Kier molecular flexibility index (Phi) is 4.09. The standard InChI is InChI=1S/C13H13ClN2O2S/c14-11-5-7-12(8-6-11)19(17,18)16-13-4-2-1-3-10(13)9-15/h1-8,16H,9,15H2. The molecule has 0 unspecified atom stereocenters. The fourth-order valence-corrected chi connectivity index (χ4v) is 2.84. The van der Waals surface area contributed by atoms with E-state index >= 15 is 0 Å². The summed E-state index contributed by atoms with van der Waals surface area (Å²) >= 11 is 5.74. The van der Waals surface area contributed by atoms with Crippen molar-refractivity contribution in [1.29, 1.82) is 0 Å². The smallest absolute Gasteiger partial charge is 0.261 e. The lowest BCUT2D eigenvalue weighted by Crippen LogP contribution is -2.15. The van der Waals surface area contributed by atoms with E-state index in [-0.39, 0.29) is 11.4 Å². The zero-order valence-electron chi connectivity index (χ0n) is 10.0. The summed E-state index contributed by atoms with van der Waals surface area (Å²) in [6.07, 6.45) is 0. The molecular formula is C13H13ClN2O2S. The van der Waals surface area contributed by atoms with Gasteiger partial charge in [0.25, 0.3) is 10.0 Å². The Morgan fingerprint density at radius 1 is 1.05 bits per heavy atom. The van der Waals surface area contributed by atoms with E-state index in [1.54, 1.807) is 18.2 Å². The molecule has 0 bridgehead atoms. The molecule has 0 spiro atoms. The zero-order chi connectivity index (χ0) is 13.9. The maximum absolute atomic E-state index is 12.2. The van der Waals surface area contributed by atoms with Crippen molar-refractivity contribution < 1.29 is 8.42 Å². The summed E-state index contributed by atoms with van der Waals surface area (Å²) in [6.45, 7) is 0.263. The summed E-state index contributed by atoms with van der Waals surface area (Å²) in [5.41, 5.74) is 6.80. The van der Waals surface area contributed by atoms with E-state index in [4.69, 9.17) is 17.3 Å². The molecule has 6 heteroatoms. The van der Waals surface area contributed by atoms with Gasteiger partial charge in [-0.2, -0.15) is 0 Å². The molecule has 3 N–H and O–H groups in total. The lowest BCUT2D eigenvalue weighted by Gasteiger charge is -2.11. The molecule has 0 radical (unpaired) electrons. The third-order valence-electron chi connectivity index (χ3n) is 2.61. The molecule has 2 rings (SSSR count). The summed E-state index contributed by atoms with van der Waals surface area (Å²) < 4.78 is 26.9. The van der Waals surface area contributed by atoms with Gasteiger partial charge in [0.15, 0.2) is 0 Å². The van der Waals surface area contributed by atoms with Gasteiger partial charge in [-0.15, -0.1) is 0 Å². The summed E-state index contributed by atoms with van der Waals surface area (Å²) in [6, 6.07) is 13.0. The summed E-state index contributed by atoms with van der Waals surface area (Å²) in [4.78, 5) is 0.156. The van der Waals surface area contributed by atoms with E-state index in [1.807, 2.05) is 6.07 Å². The Morgan fingerprint density at radius 3 is 2.32 bits per heavy atom. The topological polar surface area (TPSA) is 72.2 Å². The largest absolute Gasteiger partial charge is 0.326 e. The predicted octanol–water partition coefficient (Wildman–Crippen LogP) is 2.60. The van der Waals surface area contributed by atoms with Crippen LogP contribution in [-0.2, 0) is 16.6 Å². The maximum Gasteiger partial charge on any atom is 0.261 e. The molecule has 2 aromatic carbocycles. The summed E-state index contributed by atoms with van der Waals surface area (Å²) in [7, 11) is -3.63. The molecular weight excluding hydrogens is 284 g/mol. The second-order valence-electron chi connectivity index (χ2n) is 3.92. The second kappa shape index (κ2) is 5.61. The zero-order valence-corrected chi connectivity index (χ0v) is 11.6. The van der Waals surface area contributed by atoms with Gasteiger partial charge in [-0.3, -0.25) is 4.72 Å². The van der Waals surface area contributed by atoms with E-state index in [9.17, 15) is 8.42 Å². The number of halogens is 1. The lowest BCUT2D eigenvalue weighted by molar-refractivity contribution is 0.601. The Morgan fingerprint density at radius 2 is 1.68 bits per heavy atom. The molecule has 4 nitrogen and oxygen atoms in total. The monoisotopic (exact) mass is 296 g/mol. The molecule has 0 aliphatic heterocycles. The number of nitrogens with two attached hydrogens (primary N) is 1. The van der Waals surface area contributed by atoms with Crippen molar-refractivity contribution in [3.8, 4) is 0 Å². The molecule has 19 heavy (non-hydrogen) atoms. The fraction of sp³-hybridized carbons (Fsp3) is 0.0769. The highest BCUT2D eigenvalue weighted by molar-refractivity contribution is 7.92. The number of rotatable bonds is 4. The van der Waals surface area contributed by atoms with Gasteiger partial charge in [0.05, 0.1) is 10.6 Å². The van der Waals surface area contributed by atoms with Crippen LogP contribution in [0.15, 0.2) is 53.4 Å². The number of benzene rings is 2. The van der Waals surface area contributed by atoms with Gasteiger partial charge < -0.3 is 5.73 Å². The number of para-hydroxylation sites is 1. The molecule has 0 saturated carbocycles. The minimum Gasteiger partial charge on any atom is -0.326 e. The van der Waals surface area contributed by atoms with Crippen LogP contribution < -0.4 is 10.5 Å². The van der Waals surface area contributed by atoms with Crippen LogP contribution in [-0.4, -0.2) is 8.42 Å². The van der Waals surface area contributed by atoms with Crippen molar-refractivity contribution in [2.75, 3.05) is 4.72 Å². The first-order chi connectivity index (χ1) is 9.03. The van der Waals surface area contributed by atoms with Crippen LogP contribution in [0.5, 0.6) is 0 Å². The summed E-state index contributed by atoms with van der Waals surface area (Å²) in [5, 5.41) is 0.487. The number of anilines is 1. The molecule has 0 fully saturated rings. The number of nitrogens with one attached hydrogen (secondary N) is 1. The third kappa shape index (κ3) is 3.26. The Labute approximate surface area is 117 Å². The molecule has 0 saturated heterocycles. The van der Waals surface area contributed by atoms with E-state index in [2.05, 4.69) is 4.72 Å². The highest BCUT2D eigenvalue weighted by Gasteiger charge is 2.15. The fourth-order valence-electron chi connectivity index (χ4n) is 1.62. The average Bonchev–Trinajstić information content (AvgIpc) is 2.39. The van der Waals surface area contributed by atoms with Crippen molar-refractivity contribution in [2.24, 2.45) is 5.73 Å². The number of hydrogen-bond acceptors (Lipinski definition) is 3. The Balaban J connectivity index is 2.34. The molecule has 2 aromatic rings. The van der Waals surface area contributed by atoms with Crippen molar-refractivity contribution in [2.45, 2.75) is 11.4 Å². The van der Waals surface area contributed by atoms with Gasteiger partial charge >= 0.3 is 0 Å². The first-order valence-electron chi connectivity index (χ1n) is 5.59. The predicted molar refractivity (Wildman–Crippen MR) is 76.6 cm³/mol. The van der Waals surface area contributed by atoms with Crippen molar-refractivity contribution in [1.82, 2.24) is 0 Å². The quantitative estimate of drug-likeness (QED) is 0.911. The first kappa shape index (κ1) is 13.9. The summed E-state index contributed by atoms with van der Waals surface area (Å²) in [5.74, 6) is 0. The van der Waals surface area contributed by atoms with Crippen molar-refractivity contribution in [3.63, 3.8) is 0 Å². The van der Waals surface area contributed by atoms with E-state index in [0.717, 1.165) is 5.56 Å². The van der Waals surface area contributed by atoms with Gasteiger partial charge in [0.1, 0.15) is 0 Å². The Hall–Kier alpha value is -1.56. The second-order valence-corrected chi connectivity index (χ2v) is 6.04. The SMILES string of the molecule is NCc1ccccc1NS(=O)(=O)c1ccc(Cl)cc1. The van der Waals surface area contributed by atoms with Crippen LogP contribution in [0.2, 0.25) is 5.02 Å². The highest BCUT2D eigenvalue weighted by Crippen LogP contribution is 2.20. The van der Waals surface area contributed by atoms with Crippen LogP contribution in [0, 0.1) is 0 Å². The minimum atomic E-state index is -3.63. The Bertz CT molecular complexity index is 669. The molecule has 100 valence electrons. The lowest BCUT2D eigenvalue weighted by atomic mass is 10.2. The van der Waals surface area contributed by atoms with Gasteiger partial charge in [-0.25, -0.2) is 8.42 Å². The van der Waals surface area contributed by atoms with E-state index < -0.39 is 10.0 Å². The number of hydrogen-bond donors (Lipinski definition) is 2. The van der Waals surface area contributed by atoms with E-state index in [0.29, 0.717) is 10.7 Å². The van der Waals surface area contributed by atoms with Crippen LogP contribution in [0.3, 0.4) is 0 Å². The van der Waals surface area contributed by atoms with Gasteiger partial charge in [0, 0.05) is 11.6 Å². The molecule has 0 atom stereocenters. The maximum atomic E-state index is 12.2. The molecule has 0 aromatic heterocycles. The van der Waals surface area contributed by atoms with Gasteiger partial charge in [0.2, 0.25) is 0 Å². The molecule has 0 heterocycles. The molecule has 0 aliphatic carbocycles. The van der Waals surface area contributed by atoms with Gasteiger partial charge in [-0.1, -0.05) is 29.8 Å². The third-order valence-corrected chi connectivity index (χ3v) is 4.24. The number of sulfonamides is 1. The minimum absolute atomic E-state index is 0.156. The van der Waals surface area contributed by atoms with Gasteiger partial charge in [-0.05, 0) is 35.9 Å². The van der Waals surface area contributed by atoms with Crippen LogP contribution >= 0.6 is 11.6 Å².